The summed E-state index contributed by atoms with van der Waals surface area (Å²) in [4.78, 5) is 21.4. The molecule has 1 amide bonds. The molecule has 0 unspecified atom stereocenters. The second kappa shape index (κ2) is 8.21. The minimum absolute atomic E-state index is 0.00615. The standard InChI is InChI=1S/C20H23N3OS/c1-14(2)25-18-11-6-3-8-15(18)20(24)21-13-7-12-19-22-16-9-4-5-10-17(16)23-19/h3-6,8-11,14H,7,12-13H2,1-2H3,(H,21,24)(H,22,23). The van der Waals surface area contributed by atoms with Crippen LogP contribution in [0.1, 0.15) is 36.5 Å². The Kier molecular flexibility index (Phi) is 5.76. The Morgan fingerprint density at radius 3 is 2.72 bits per heavy atom. The zero-order valence-electron chi connectivity index (χ0n) is 14.6. The highest BCUT2D eigenvalue weighted by molar-refractivity contribution is 8.00. The van der Waals surface area contributed by atoms with Gasteiger partial charge < -0.3 is 10.3 Å². The van der Waals surface area contributed by atoms with Crippen LogP contribution in [0.3, 0.4) is 0 Å². The summed E-state index contributed by atoms with van der Waals surface area (Å²) in [5.41, 5.74) is 2.80. The maximum atomic E-state index is 12.5. The molecule has 0 saturated carbocycles. The van der Waals surface area contributed by atoms with E-state index in [1.54, 1.807) is 11.8 Å². The number of amides is 1. The molecule has 0 fully saturated rings. The van der Waals surface area contributed by atoms with Crippen LogP contribution in [-0.2, 0) is 6.42 Å². The maximum absolute atomic E-state index is 12.5. The maximum Gasteiger partial charge on any atom is 0.252 e. The van der Waals surface area contributed by atoms with E-state index in [1.807, 2.05) is 48.5 Å². The second-order valence-electron chi connectivity index (χ2n) is 6.22. The molecule has 3 aromatic rings. The third-order valence-corrected chi connectivity index (χ3v) is 4.89. The number of nitrogens with zero attached hydrogens (tertiary/aromatic N) is 1. The van der Waals surface area contributed by atoms with Crippen LogP contribution in [0.15, 0.2) is 53.4 Å². The van der Waals surface area contributed by atoms with E-state index in [2.05, 4.69) is 29.1 Å². The summed E-state index contributed by atoms with van der Waals surface area (Å²) in [7, 11) is 0. The SMILES string of the molecule is CC(C)Sc1ccccc1C(=O)NCCCc1nc2ccccc2[nH]1. The van der Waals surface area contributed by atoms with Crippen molar-refractivity contribution in [2.45, 2.75) is 36.8 Å². The van der Waals surface area contributed by atoms with Gasteiger partial charge >= 0.3 is 0 Å². The van der Waals surface area contributed by atoms with E-state index in [9.17, 15) is 4.79 Å². The number of thioether (sulfide) groups is 1. The van der Waals surface area contributed by atoms with Gasteiger partial charge in [0.1, 0.15) is 5.82 Å². The third kappa shape index (κ3) is 4.63. The van der Waals surface area contributed by atoms with Crippen molar-refractivity contribution in [3.05, 3.63) is 59.9 Å². The summed E-state index contributed by atoms with van der Waals surface area (Å²) in [5, 5.41) is 3.47. The van der Waals surface area contributed by atoms with Crippen LogP contribution < -0.4 is 5.32 Å². The number of carbonyl (C=O) groups excluding carboxylic acids is 1. The Morgan fingerprint density at radius 2 is 1.92 bits per heavy atom. The van der Waals surface area contributed by atoms with E-state index in [1.165, 1.54) is 0 Å². The fourth-order valence-electron chi connectivity index (χ4n) is 2.69. The summed E-state index contributed by atoms with van der Waals surface area (Å²) in [6.45, 7) is 4.90. The van der Waals surface area contributed by atoms with Crippen molar-refractivity contribution in [2.24, 2.45) is 0 Å². The quantitative estimate of drug-likeness (QED) is 0.488. The summed E-state index contributed by atoms with van der Waals surface area (Å²) < 4.78 is 0. The molecule has 130 valence electrons. The average molecular weight is 353 g/mol. The lowest BCUT2D eigenvalue weighted by Crippen LogP contribution is -2.25. The van der Waals surface area contributed by atoms with Gasteiger partial charge in [0.05, 0.1) is 16.6 Å². The third-order valence-electron chi connectivity index (χ3n) is 3.81. The van der Waals surface area contributed by atoms with Gasteiger partial charge in [-0.3, -0.25) is 4.79 Å². The number of imidazole rings is 1. The minimum atomic E-state index is -0.00615. The predicted molar refractivity (Wildman–Crippen MR) is 104 cm³/mol. The molecule has 4 nitrogen and oxygen atoms in total. The van der Waals surface area contributed by atoms with Gasteiger partial charge in [0.2, 0.25) is 0 Å². The lowest BCUT2D eigenvalue weighted by Gasteiger charge is -2.11. The number of aromatic amines is 1. The van der Waals surface area contributed by atoms with Crippen LogP contribution in [0.25, 0.3) is 11.0 Å². The molecule has 5 heteroatoms. The lowest BCUT2D eigenvalue weighted by atomic mass is 10.2. The van der Waals surface area contributed by atoms with Crippen molar-refractivity contribution in [2.75, 3.05) is 6.54 Å². The Balaban J connectivity index is 1.53. The van der Waals surface area contributed by atoms with Crippen molar-refractivity contribution in [3.63, 3.8) is 0 Å². The van der Waals surface area contributed by atoms with Crippen LogP contribution in [0, 0.1) is 0 Å². The first kappa shape index (κ1) is 17.5. The Hall–Kier alpha value is -2.27. The molecule has 0 spiro atoms. The van der Waals surface area contributed by atoms with Crippen molar-refractivity contribution in [3.8, 4) is 0 Å². The number of fused-ring (bicyclic) bond motifs is 1. The van der Waals surface area contributed by atoms with Crippen molar-refractivity contribution < 1.29 is 4.79 Å². The molecule has 1 heterocycles. The molecule has 0 aliphatic carbocycles. The first-order chi connectivity index (χ1) is 12.1. The number of para-hydroxylation sites is 2. The van der Waals surface area contributed by atoms with E-state index in [0.717, 1.165) is 40.2 Å². The molecule has 0 atom stereocenters. The van der Waals surface area contributed by atoms with Crippen LogP contribution in [0.4, 0.5) is 0 Å². The number of hydrogen-bond acceptors (Lipinski definition) is 3. The Bertz CT molecular complexity index is 824. The van der Waals surface area contributed by atoms with Gasteiger partial charge in [0, 0.05) is 23.1 Å². The molecule has 0 aliphatic rings. The number of aryl methyl sites for hydroxylation is 1. The molecule has 2 N–H and O–H groups in total. The van der Waals surface area contributed by atoms with Crippen LogP contribution in [0.5, 0.6) is 0 Å². The number of H-pyrrole nitrogens is 1. The monoisotopic (exact) mass is 353 g/mol. The number of nitrogens with one attached hydrogen (secondary N) is 2. The topological polar surface area (TPSA) is 57.8 Å². The summed E-state index contributed by atoms with van der Waals surface area (Å²) in [6.07, 6.45) is 1.67. The van der Waals surface area contributed by atoms with Gasteiger partial charge in [-0.1, -0.05) is 38.1 Å². The van der Waals surface area contributed by atoms with E-state index < -0.39 is 0 Å². The fraction of sp³-hybridized carbons (Fsp3) is 0.300. The first-order valence-corrected chi connectivity index (χ1v) is 9.49. The van der Waals surface area contributed by atoms with Gasteiger partial charge in [0.15, 0.2) is 0 Å². The van der Waals surface area contributed by atoms with E-state index in [4.69, 9.17) is 0 Å². The van der Waals surface area contributed by atoms with Crippen LogP contribution in [0.2, 0.25) is 0 Å². The molecule has 25 heavy (non-hydrogen) atoms. The molecular formula is C20H23N3OS. The number of carbonyl (C=O) groups is 1. The van der Waals surface area contributed by atoms with Crippen LogP contribution in [-0.4, -0.2) is 27.7 Å². The van der Waals surface area contributed by atoms with E-state index in [-0.39, 0.29) is 5.91 Å². The van der Waals surface area contributed by atoms with Gasteiger partial charge in [-0.15, -0.1) is 11.8 Å². The molecule has 0 radical (unpaired) electrons. The number of aromatic nitrogens is 2. The Labute approximate surface area is 152 Å². The van der Waals surface area contributed by atoms with Gasteiger partial charge in [-0.25, -0.2) is 4.98 Å². The molecule has 3 rings (SSSR count). The zero-order chi connectivity index (χ0) is 17.6. The fourth-order valence-corrected chi connectivity index (χ4v) is 3.64. The molecule has 1 aromatic heterocycles. The van der Waals surface area contributed by atoms with Crippen molar-refractivity contribution in [1.82, 2.24) is 15.3 Å². The van der Waals surface area contributed by atoms with Gasteiger partial charge in [-0.05, 0) is 30.7 Å². The van der Waals surface area contributed by atoms with Crippen LogP contribution >= 0.6 is 11.8 Å². The van der Waals surface area contributed by atoms with Crippen molar-refractivity contribution in [1.29, 1.82) is 0 Å². The number of hydrogen-bond donors (Lipinski definition) is 2. The lowest BCUT2D eigenvalue weighted by molar-refractivity contribution is 0.0950. The summed E-state index contributed by atoms with van der Waals surface area (Å²) in [6, 6.07) is 15.8. The highest BCUT2D eigenvalue weighted by Crippen LogP contribution is 2.26. The summed E-state index contributed by atoms with van der Waals surface area (Å²) >= 11 is 1.72. The molecule has 0 bridgehead atoms. The number of benzene rings is 2. The minimum Gasteiger partial charge on any atom is -0.352 e. The van der Waals surface area contributed by atoms with Gasteiger partial charge in [0.25, 0.3) is 5.91 Å². The van der Waals surface area contributed by atoms with Gasteiger partial charge in [-0.2, -0.15) is 0 Å². The van der Waals surface area contributed by atoms with Crippen molar-refractivity contribution >= 4 is 28.7 Å². The van der Waals surface area contributed by atoms with E-state index in [0.29, 0.717) is 11.8 Å². The smallest absolute Gasteiger partial charge is 0.252 e. The largest absolute Gasteiger partial charge is 0.352 e. The zero-order valence-corrected chi connectivity index (χ0v) is 15.4. The predicted octanol–water partition coefficient (Wildman–Crippen LogP) is 4.43. The number of rotatable bonds is 7. The molecule has 0 aliphatic heterocycles. The highest BCUT2D eigenvalue weighted by Gasteiger charge is 2.12. The molecular weight excluding hydrogens is 330 g/mol. The first-order valence-electron chi connectivity index (χ1n) is 8.61. The van der Waals surface area contributed by atoms with E-state index >= 15 is 0 Å². The highest BCUT2D eigenvalue weighted by atomic mass is 32.2. The summed E-state index contributed by atoms with van der Waals surface area (Å²) in [5.74, 6) is 0.958. The normalized spacial score (nSPS) is 11.2. The molecule has 2 aromatic carbocycles. The molecule has 0 saturated heterocycles. The average Bonchev–Trinajstić information content (AvgIpc) is 3.01. The Morgan fingerprint density at radius 1 is 1.16 bits per heavy atom. The second-order valence-corrected chi connectivity index (χ2v) is 7.84.